The number of hydrogen-bond donors (Lipinski definition) is 1. The smallest absolute Gasteiger partial charge is 0.273 e. The second kappa shape index (κ2) is 8.19. The second-order valence-corrected chi connectivity index (χ2v) is 8.30. The van der Waals surface area contributed by atoms with Crippen LogP contribution in [0, 0.1) is 6.92 Å². The largest absolute Gasteiger partial charge is 0.281 e. The monoisotopic (exact) mass is 423 g/mol. The molecule has 0 atom stereocenters. The molecule has 146 valence electrons. The van der Waals surface area contributed by atoms with E-state index >= 15 is 0 Å². The predicted molar refractivity (Wildman–Crippen MR) is 118 cm³/mol. The van der Waals surface area contributed by atoms with Gasteiger partial charge < -0.3 is 0 Å². The highest BCUT2D eigenvalue weighted by Crippen LogP contribution is 2.35. The first-order valence-corrected chi connectivity index (χ1v) is 10.3. The zero-order valence-electron chi connectivity index (χ0n) is 15.7. The van der Waals surface area contributed by atoms with Crippen LogP contribution in [-0.4, -0.2) is 15.6 Å². The minimum Gasteiger partial charge on any atom is -0.273 e. The molecule has 1 N–H and O–H groups in total. The molecule has 0 aliphatic rings. The average molecular weight is 424 g/mol. The molecule has 1 amide bonds. The van der Waals surface area contributed by atoms with Crippen molar-refractivity contribution in [3.63, 3.8) is 0 Å². The van der Waals surface area contributed by atoms with E-state index in [1.54, 1.807) is 12.1 Å². The Morgan fingerprint density at radius 1 is 1.14 bits per heavy atom. The van der Waals surface area contributed by atoms with Crippen LogP contribution >= 0.6 is 22.9 Å². The van der Waals surface area contributed by atoms with E-state index in [0.717, 1.165) is 21.6 Å². The minimum atomic E-state index is -0.280. The third kappa shape index (κ3) is 4.09. The molecule has 0 spiro atoms. The van der Waals surface area contributed by atoms with Crippen LogP contribution in [0.15, 0.2) is 65.7 Å². The van der Waals surface area contributed by atoms with E-state index in [1.165, 1.54) is 22.3 Å². The molecule has 0 aliphatic heterocycles. The van der Waals surface area contributed by atoms with Gasteiger partial charge in [0.25, 0.3) is 5.56 Å². The molecule has 0 fully saturated rings. The highest BCUT2D eigenvalue weighted by Gasteiger charge is 2.17. The number of fused-ring (bicyclic) bond motifs is 1. The molecule has 0 aliphatic carbocycles. The Labute approximate surface area is 176 Å². The maximum atomic E-state index is 13.1. The van der Waals surface area contributed by atoms with Crippen molar-refractivity contribution in [3.05, 3.63) is 86.7 Å². The summed E-state index contributed by atoms with van der Waals surface area (Å²) in [4.78, 5) is 31.5. The summed E-state index contributed by atoms with van der Waals surface area (Å²) in [6.07, 6.45) is 2.18. The van der Waals surface area contributed by atoms with Gasteiger partial charge in [0.15, 0.2) is 0 Å². The van der Waals surface area contributed by atoms with Crippen molar-refractivity contribution in [1.82, 2.24) is 9.66 Å². The lowest BCUT2D eigenvalue weighted by Gasteiger charge is -2.08. The van der Waals surface area contributed by atoms with Gasteiger partial charge in [-0.25, -0.2) is 9.66 Å². The highest BCUT2D eigenvalue weighted by atomic mass is 35.5. The number of aromatic nitrogens is 2. The number of halogens is 1. The summed E-state index contributed by atoms with van der Waals surface area (Å²) in [7, 11) is 0. The quantitative estimate of drug-likeness (QED) is 0.502. The van der Waals surface area contributed by atoms with E-state index in [-0.39, 0.29) is 17.9 Å². The molecule has 0 unspecified atom stereocenters. The molecule has 4 rings (SSSR count). The van der Waals surface area contributed by atoms with E-state index in [4.69, 9.17) is 11.6 Å². The van der Waals surface area contributed by atoms with Crippen LogP contribution in [0.25, 0.3) is 21.3 Å². The summed E-state index contributed by atoms with van der Waals surface area (Å²) in [6.45, 7) is 1.98. The Kier molecular flexibility index (Phi) is 5.47. The van der Waals surface area contributed by atoms with E-state index in [0.29, 0.717) is 21.7 Å². The number of aryl methyl sites for hydroxylation is 2. The van der Waals surface area contributed by atoms with Crippen molar-refractivity contribution >= 4 is 39.1 Å². The van der Waals surface area contributed by atoms with Gasteiger partial charge in [-0.05, 0) is 36.6 Å². The summed E-state index contributed by atoms with van der Waals surface area (Å²) >= 11 is 7.36. The Bertz CT molecular complexity index is 1230. The molecule has 5 nitrogen and oxygen atoms in total. The van der Waals surface area contributed by atoms with E-state index in [2.05, 4.69) is 10.4 Å². The first kappa shape index (κ1) is 19.4. The number of carbonyl (C=O) groups excluding carboxylic acids is 1. The molecule has 0 saturated heterocycles. The second-order valence-electron chi connectivity index (χ2n) is 6.66. The predicted octanol–water partition coefficient (Wildman–Crippen LogP) is 4.79. The molecule has 4 aromatic rings. The van der Waals surface area contributed by atoms with Crippen molar-refractivity contribution in [1.29, 1.82) is 0 Å². The molecule has 2 heterocycles. The summed E-state index contributed by atoms with van der Waals surface area (Å²) in [5.41, 5.74) is 5.21. The fourth-order valence-electron chi connectivity index (χ4n) is 3.23. The Balaban J connectivity index is 1.60. The summed E-state index contributed by atoms with van der Waals surface area (Å²) in [6, 6.07) is 17.1. The van der Waals surface area contributed by atoms with Crippen LogP contribution in [0.4, 0.5) is 0 Å². The van der Waals surface area contributed by atoms with E-state index < -0.39 is 0 Å². The van der Waals surface area contributed by atoms with Crippen LogP contribution in [0.5, 0.6) is 0 Å². The van der Waals surface area contributed by atoms with Gasteiger partial charge in [-0.15, -0.1) is 11.3 Å². The number of benzene rings is 2. The molecule has 0 saturated carbocycles. The van der Waals surface area contributed by atoms with Crippen molar-refractivity contribution in [2.45, 2.75) is 19.8 Å². The zero-order chi connectivity index (χ0) is 20.4. The van der Waals surface area contributed by atoms with E-state index in [9.17, 15) is 9.59 Å². The maximum absolute atomic E-state index is 13.1. The van der Waals surface area contributed by atoms with Gasteiger partial charge in [-0.2, -0.15) is 0 Å². The molecule has 29 heavy (non-hydrogen) atoms. The third-order valence-corrected chi connectivity index (χ3v) is 5.92. The van der Waals surface area contributed by atoms with Crippen molar-refractivity contribution in [3.8, 4) is 11.1 Å². The number of nitrogens with one attached hydrogen (secondary N) is 1. The van der Waals surface area contributed by atoms with Crippen molar-refractivity contribution < 1.29 is 4.79 Å². The number of carbonyl (C=O) groups is 1. The Morgan fingerprint density at radius 3 is 2.59 bits per heavy atom. The summed E-state index contributed by atoms with van der Waals surface area (Å²) in [5.74, 6) is -0.253. The SMILES string of the molecule is Cc1sc2ncn(NC(=O)CCc3ccc(Cl)cc3)c(=O)c2c1-c1ccccc1. The zero-order valence-corrected chi connectivity index (χ0v) is 17.3. The van der Waals surface area contributed by atoms with Gasteiger partial charge in [0.05, 0.1) is 5.39 Å². The third-order valence-electron chi connectivity index (χ3n) is 4.65. The molecule has 2 aromatic carbocycles. The van der Waals surface area contributed by atoms with Gasteiger partial charge >= 0.3 is 0 Å². The maximum Gasteiger partial charge on any atom is 0.281 e. The van der Waals surface area contributed by atoms with Crippen LogP contribution in [0.3, 0.4) is 0 Å². The number of hydrogen-bond acceptors (Lipinski definition) is 4. The van der Waals surface area contributed by atoms with Gasteiger partial charge in [0.1, 0.15) is 11.2 Å². The van der Waals surface area contributed by atoms with Crippen LogP contribution in [-0.2, 0) is 11.2 Å². The van der Waals surface area contributed by atoms with Gasteiger partial charge in [0, 0.05) is 21.9 Å². The van der Waals surface area contributed by atoms with E-state index in [1.807, 2.05) is 49.4 Å². The fourth-order valence-corrected chi connectivity index (χ4v) is 4.36. The first-order chi connectivity index (χ1) is 14.0. The standard InChI is InChI=1S/C22H18ClN3O2S/c1-14-19(16-5-3-2-4-6-16)20-21(29-14)24-13-26(22(20)28)25-18(27)12-9-15-7-10-17(23)11-8-15/h2-8,10-11,13H,9,12H2,1H3,(H,25,27). The molecule has 0 radical (unpaired) electrons. The van der Waals surface area contributed by atoms with Crippen molar-refractivity contribution in [2.24, 2.45) is 0 Å². The lowest BCUT2D eigenvalue weighted by atomic mass is 10.0. The average Bonchev–Trinajstić information content (AvgIpc) is 3.07. The summed E-state index contributed by atoms with van der Waals surface area (Å²) in [5, 5.41) is 1.18. The molecule has 2 aromatic heterocycles. The Hall–Kier alpha value is -2.96. The topological polar surface area (TPSA) is 64.0 Å². The molecule has 7 heteroatoms. The van der Waals surface area contributed by atoms with Gasteiger partial charge in [0.2, 0.25) is 5.91 Å². The van der Waals surface area contributed by atoms with Crippen molar-refractivity contribution in [2.75, 3.05) is 5.43 Å². The lowest BCUT2D eigenvalue weighted by Crippen LogP contribution is -2.33. The molecule has 0 bridgehead atoms. The lowest BCUT2D eigenvalue weighted by molar-refractivity contribution is -0.117. The van der Waals surface area contributed by atoms with Crippen LogP contribution in [0.1, 0.15) is 16.9 Å². The Morgan fingerprint density at radius 2 is 1.86 bits per heavy atom. The van der Waals surface area contributed by atoms with Gasteiger partial charge in [-0.1, -0.05) is 54.1 Å². The number of rotatable bonds is 5. The molecular weight excluding hydrogens is 406 g/mol. The molecular formula is C22H18ClN3O2S. The van der Waals surface area contributed by atoms with Crippen LogP contribution < -0.4 is 11.0 Å². The first-order valence-electron chi connectivity index (χ1n) is 9.13. The number of amides is 1. The fraction of sp³-hybridized carbons (Fsp3) is 0.136. The normalized spacial score (nSPS) is 11.0. The van der Waals surface area contributed by atoms with Crippen LogP contribution in [0.2, 0.25) is 5.02 Å². The summed E-state index contributed by atoms with van der Waals surface area (Å²) < 4.78 is 1.17. The van der Waals surface area contributed by atoms with Gasteiger partial charge in [-0.3, -0.25) is 15.0 Å². The minimum absolute atomic E-state index is 0.250. The number of nitrogens with zero attached hydrogens (tertiary/aromatic N) is 2. The highest BCUT2D eigenvalue weighted by molar-refractivity contribution is 7.19. The number of thiophene rings is 1.